The molecule has 0 N–H and O–H groups in total. The van der Waals surface area contributed by atoms with Gasteiger partial charge in [-0.3, -0.25) is 0 Å². The Hall–Kier alpha value is -2.83. The molecule has 0 fully saturated rings. The van der Waals surface area contributed by atoms with E-state index in [-0.39, 0.29) is 17.0 Å². The van der Waals surface area contributed by atoms with E-state index >= 15 is 0 Å². The summed E-state index contributed by atoms with van der Waals surface area (Å²) in [6.07, 6.45) is -2.72. The summed E-state index contributed by atoms with van der Waals surface area (Å²) >= 11 is 0. The zero-order chi connectivity index (χ0) is 15.7. The van der Waals surface area contributed by atoms with Gasteiger partial charge in [-0.2, -0.15) is 5.10 Å². The molecule has 0 atom stereocenters. The molecule has 0 aliphatic heterocycles. The minimum absolute atomic E-state index is 0.0126. The van der Waals surface area contributed by atoms with E-state index in [2.05, 4.69) is 14.8 Å². The second kappa shape index (κ2) is 5.51. The molecule has 2 heterocycles. The van der Waals surface area contributed by atoms with Gasteiger partial charge in [0.1, 0.15) is 5.69 Å². The number of aromatic nitrogens is 3. The van der Waals surface area contributed by atoms with Crippen LogP contribution in [-0.2, 0) is 4.74 Å². The van der Waals surface area contributed by atoms with Crippen LogP contribution >= 0.6 is 0 Å². The summed E-state index contributed by atoms with van der Waals surface area (Å²) < 4.78 is 32.0. The second-order valence-corrected chi connectivity index (χ2v) is 4.52. The standard InChI is InChI=1S/C15H11F2N3O2/c1-22-15(21)11-8-13-18-10(14(16)17)7-12(20(13)19-11)9-5-3-2-4-6-9/h2-8,14H,1H3. The Morgan fingerprint density at radius 2 is 1.95 bits per heavy atom. The fourth-order valence-corrected chi connectivity index (χ4v) is 2.12. The molecule has 22 heavy (non-hydrogen) atoms. The van der Waals surface area contributed by atoms with Gasteiger partial charge in [0.15, 0.2) is 11.3 Å². The number of halogens is 2. The lowest BCUT2D eigenvalue weighted by molar-refractivity contribution is 0.0593. The van der Waals surface area contributed by atoms with E-state index in [1.165, 1.54) is 23.8 Å². The normalized spacial score (nSPS) is 11.1. The van der Waals surface area contributed by atoms with Crippen molar-refractivity contribution in [1.29, 1.82) is 0 Å². The molecule has 0 radical (unpaired) electrons. The van der Waals surface area contributed by atoms with Crippen LogP contribution in [-0.4, -0.2) is 27.7 Å². The van der Waals surface area contributed by atoms with Crippen LogP contribution in [0, 0.1) is 0 Å². The van der Waals surface area contributed by atoms with Gasteiger partial charge in [0.05, 0.1) is 12.8 Å². The van der Waals surface area contributed by atoms with E-state index in [0.29, 0.717) is 11.3 Å². The van der Waals surface area contributed by atoms with Gasteiger partial charge in [0.25, 0.3) is 6.43 Å². The zero-order valence-electron chi connectivity index (χ0n) is 11.5. The van der Waals surface area contributed by atoms with Crippen molar-refractivity contribution < 1.29 is 18.3 Å². The molecule has 0 unspecified atom stereocenters. The molecule has 0 aliphatic carbocycles. The number of fused-ring (bicyclic) bond motifs is 1. The van der Waals surface area contributed by atoms with Crippen LogP contribution in [0.3, 0.4) is 0 Å². The molecule has 1 aromatic carbocycles. The molecule has 3 aromatic rings. The number of alkyl halides is 2. The molecular formula is C15H11F2N3O2. The van der Waals surface area contributed by atoms with Crippen molar-refractivity contribution in [3.05, 3.63) is 53.9 Å². The minimum Gasteiger partial charge on any atom is -0.464 e. The fourth-order valence-electron chi connectivity index (χ4n) is 2.12. The van der Waals surface area contributed by atoms with E-state index in [0.717, 1.165) is 0 Å². The fraction of sp³-hybridized carbons (Fsp3) is 0.133. The topological polar surface area (TPSA) is 56.5 Å². The Morgan fingerprint density at radius 1 is 1.23 bits per heavy atom. The van der Waals surface area contributed by atoms with Gasteiger partial charge in [0, 0.05) is 11.6 Å². The van der Waals surface area contributed by atoms with Crippen LogP contribution in [0.5, 0.6) is 0 Å². The third-order valence-corrected chi connectivity index (χ3v) is 3.13. The summed E-state index contributed by atoms with van der Waals surface area (Å²) in [6, 6.07) is 11.5. The number of methoxy groups -OCH3 is 1. The second-order valence-electron chi connectivity index (χ2n) is 4.52. The Kier molecular flexibility index (Phi) is 3.54. The molecule has 3 rings (SSSR count). The Labute approximate surface area is 124 Å². The Morgan fingerprint density at radius 3 is 2.59 bits per heavy atom. The number of esters is 1. The average Bonchev–Trinajstić information content (AvgIpc) is 2.97. The first-order valence-electron chi connectivity index (χ1n) is 6.43. The van der Waals surface area contributed by atoms with Crippen molar-refractivity contribution >= 4 is 11.6 Å². The van der Waals surface area contributed by atoms with Crippen molar-refractivity contribution in [2.45, 2.75) is 6.43 Å². The number of nitrogens with zero attached hydrogens (tertiary/aromatic N) is 3. The van der Waals surface area contributed by atoms with Crippen LogP contribution in [0.2, 0.25) is 0 Å². The van der Waals surface area contributed by atoms with Crippen LogP contribution in [0.15, 0.2) is 42.5 Å². The predicted molar refractivity (Wildman–Crippen MR) is 74.7 cm³/mol. The molecule has 0 bridgehead atoms. The molecule has 2 aromatic heterocycles. The minimum atomic E-state index is -2.72. The monoisotopic (exact) mass is 303 g/mol. The van der Waals surface area contributed by atoms with E-state index in [9.17, 15) is 13.6 Å². The third kappa shape index (κ3) is 2.41. The highest BCUT2D eigenvalue weighted by molar-refractivity contribution is 5.88. The van der Waals surface area contributed by atoms with Gasteiger partial charge in [0.2, 0.25) is 0 Å². The summed E-state index contributed by atoms with van der Waals surface area (Å²) in [5.41, 5.74) is 0.922. The van der Waals surface area contributed by atoms with Crippen molar-refractivity contribution in [2.75, 3.05) is 7.11 Å². The molecule has 7 heteroatoms. The molecule has 0 spiro atoms. The molecule has 0 amide bonds. The maximum absolute atomic E-state index is 13.0. The summed E-state index contributed by atoms with van der Waals surface area (Å²) in [5.74, 6) is -0.650. The number of ether oxygens (including phenoxy) is 1. The van der Waals surface area contributed by atoms with E-state index in [4.69, 9.17) is 0 Å². The van der Waals surface area contributed by atoms with Crippen molar-refractivity contribution in [3.63, 3.8) is 0 Å². The lowest BCUT2D eigenvalue weighted by Crippen LogP contribution is -2.04. The van der Waals surface area contributed by atoms with Crippen molar-refractivity contribution in [1.82, 2.24) is 14.6 Å². The summed E-state index contributed by atoms with van der Waals surface area (Å²) in [4.78, 5) is 15.4. The van der Waals surface area contributed by atoms with Crippen molar-refractivity contribution in [2.24, 2.45) is 0 Å². The molecule has 0 saturated carbocycles. The highest BCUT2D eigenvalue weighted by Gasteiger charge is 2.18. The number of hydrogen-bond donors (Lipinski definition) is 0. The zero-order valence-corrected chi connectivity index (χ0v) is 11.5. The SMILES string of the molecule is COC(=O)c1cc2nc(C(F)F)cc(-c3ccccc3)n2n1. The first kappa shape index (κ1) is 14.1. The number of hydrogen-bond acceptors (Lipinski definition) is 4. The first-order valence-corrected chi connectivity index (χ1v) is 6.43. The van der Waals surface area contributed by atoms with E-state index in [1.807, 2.05) is 6.07 Å². The van der Waals surface area contributed by atoms with E-state index in [1.54, 1.807) is 24.3 Å². The predicted octanol–water partition coefficient (Wildman–Crippen LogP) is 3.12. The smallest absolute Gasteiger partial charge is 0.358 e. The molecule has 112 valence electrons. The number of carbonyl (C=O) groups excluding carboxylic acids is 1. The average molecular weight is 303 g/mol. The number of carbonyl (C=O) groups is 1. The van der Waals surface area contributed by atoms with Gasteiger partial charge < -0.3 is 4.74 Å². The Bertz CT molecular complexity index is 831. The van der Waals surface area contributed by atoms with Gasteiger partial charge in [-0.25, -0.2) is 23.1 Å². The molecule has 0 aliphatic rings. The van der Waals surface area contributed by atoms with Crippen LogP contribution in [0.1, 0.15) is 22.6 Å². The van der Waals surface area contributed by atoms with Crippen molar-refractivity contribution in [3.8, 4) is 11.3 Å². The van der Waals surface area contributed by atoms with E-state index < -0.39 is 12.4 Å². The van der Waals surface area contributed by atoms with Crippen LogP contribution in [0.25, 0.3) is 16.9 Å². The molecular weight excluding hydrogens is 292 g/mol. The first-order chi connectivity index (χ1) is 10.6. The lowest BCUT2D eigenvalue weighted by Gasteiger charge is -2.07. The maximum Gasteiger partial charge on any atom is 0.358 e. The molecule has 5 nitrogen and oxygen atoms in total. The van der Waals surface area contributed by atoms with Gasteiger partial charge >= 0.3 is 5.97 Å². The Balaban J connectivity index is 2.28. The quantitative estimate of drug-likeness (QED) is 0.698. The maximum atomic E-state index is 13.0. The van der Waals surface area contributed by atoms with Crippen LogP contribution in [0.4, 0.5) is 8.78 Å². The number of rotatable bonds is 3. The number of benzene rings is 1. The third-order valence-electron chi connectivity index (χ3n) is 3.13. The summed E-state index contributed by atoms with van der Waals surface area (Å²) in [6.45, 7) is 0. The highest BCUT2D eigenvalue weighted by atomic mass is 19.3. The summed E-state index contributed by atoms with van der Waals surface area (Å²) in [5, 5.41) is 4.09. The largest absolute Gasteiger partial charge is 0.464 e. The van der Waals surface area contributed by atoms with Crippen LogP contribution < -0.4 is 0 Å². The van der Waals surface area contributed by atoms with Gasteiger partial charge in [-0.1, -0.05) is 30.3 Å². The molecule has 0 saturated heterocycles. The van der Waals surface area contributed by atoms with Gasteiger partial charge in [-0.05, 0) is 6.07 Å². The lowest BCUT2D eigenvalue weighted by atomic mass is 10.1. The van der Waals surface area contributed by atoms with Gasteiger partial charge in [-0.15, -0.1) is 0 Å². The summed E-state index contributed by atoms with van der Waals surface area (Å²) in [7, 11) is 1.22. The highest BCUT2D eigenvalue weighted by Crippen LogP contribution is 2.26.